The number of hydrogen-bond donors (Lipinski definition) is 5. The van der Waals surface area contributed by atoms with Crippen LogP contribution in [-0.4, -0.2) is 72.0 Å². The largest absolute Gasteiger partial charge is 0.480 e. The number of benzene rings is 4. The minimum absolute atomic E-state index is 0.0448. The predicted octanol–water partition coefficient (Wildman–Crippen LogP) is 7.61. The van der Waals surface area contributed by atoms with Crippen LogP contribution in [0.5, 0.6) is 0 Å². The molecule has 5 rings (SSSR count). The van der Waals surface area contributed by atoms with Gasteiger partial charge in [0.15, 0.2) is 0 Å². The Morgan fingerprint density at radius 1 is 0.897 bits per heavy atom. The average molecular weight is 805 g/mol. The summed E-state index contributed by atoms with van der Waals surface area (Å²) in [6.45, 7) is 11.0. The lowest BCUT2D eigenvalue weighted by molar-refractivity contribution is -0.142. The number of rotatable bonds is 12. The lowest BCUT2D eigenvalue weighted by atomic mass is 9.95. The van der Waals surface area contributed by atoms with E-state index in [0.717, 1.165) is 59.1 Å². The summed E-state index contributed by atoms with van der Waals surface area (Å²) in [5, 5.41) is 17.5. The number of aryl methyl sites for hydroxylation is 1. The molecule has 58 heavy (non-hydrogen) atoms. The van der Waals surface area contributed by atoms with Gasteiger partial charge in [-0.05, 0) is 82.7 Å². The van der Waals surface area contributed by atoms with Crippen molar-refractivity contribution in [3.8, 4) is 22.3 Å². The van der Waals surface area contributed by atoms with Crippen molar-refractivity contribution in [1.82, 2.24) is 20.9 Å². The summed E-state index contributed by atoms with van der Waals surface area (Å²) in [6, 6.07) is 28.0. The van der Waals surface area contributed by atoms with Crippen molar-refractivity contribution >= 4 is 42.2 Å². The number of carbonyl (C=O) groups excluding carboxylic acids is 4. The molecular formula is C47H56N4O6S. The SMILES string of the molecule is C=CC(=C)CC.CCCCc1ccc(-c2ccc(C(=O)NCCC(=O)N(C)C3C(=O)NCC(=O)NC(C(=O)O)Cc4cccc(c4)-c4cccc3c4)cc2)cc1.CS. The molecule has 4 aromatic carbocycles. The number of nitrogens with one attached hydrogen (secondary N) is 3. The van der Waals surface area contributed by atoms with E-state index in [9.17, 15) is 29.1 Å². The molecule has 0 spiro atoms. The Bertz CT molecular complexity index is 2030. The van der Waals surface area contributed by atoms with Gasteiger partial charge in [-0.2, -0.15) is 12.6 Å². The highest BCUT2D eigenvalue weighted by atomic mass is 32.1. The van der Waals surface area contributed by atoms with Gasteiger partial charge in [0.25, 0.3) is 5.91 Å². The van der Waals surface area contributed by atoms with Crippen LogP contribution in [0.15, 0.2) is 122 Å². The summed E-state index contributed by atoms with van der Waals surface area (Å²) in [4.78, 5) is 65.8. The zero-order valence-corrected chi connectivity index (χ0v) is 34.8. The molecular weight excluding hydrogens is 749 g/mol. The van der Waals surface area contributed by atoms with E-state index in [0.29, 0.717) is 11.1 Å². The van der Waals surface area contributed by atoms with Crippen LogP contribution in [0.3, 0.4) is 0 Å². The highest BCUT2D eigenvalue weighted by molar-refractivity contribution is 7.79. The number of carboxylic acid groups (broad SMARTS) is 1. The minimum atomic E-state index is -1.19. The number of fused-ring (bicyclic) bond motifs is 5. The van der Waals surface area contributed by atoms with E-state index in [-0.39, 0.29) is 25.3 Å². The van der Waals surface area contributed by atoms with Crippen molar-refractivity contribution in [3.63, 3.8) is 0 Å². The van der Waals surface area contributed by atoms with Gasteiger partial charge in [-0.1, -0.05) is 124 Å². The van der Waals surface area contributed by atoms with Crippen molar-refractivity contribution in [1.29, 1.82) is 0 Å². The number of carboxylic acids is 1. The topological polar surface area (TPSA) is 145 Å². The molecule has 4 amide bonds. The molecule has 0 aliphatic carbocycles. The van der Waals surface area contributed by atoms with Gasteiger partial charge in [-0.3, -0.25) is 19.2 Å². The van der Waals surface area contributed by atoms with E-state index in [4.69, 9.17) is 0 Å². The van der Waals surface area contributed by atoms with Crippen LogP contribution in [0.4, 0.5) is 0 Å². The zero-order valence-electron chi connectivity index (χ0n) is 33.9. The second kappa shape index (κ2) is 24.0. The molecule has 11 heteroatoms. The number of allylic oxidation sites excluding steroid dienone is 2. The van der Waals surface area contributed by atoms with Gasteiger partial charge in [-0.25, -0.2) is 4.79 Å². The summed E-state index contributed by atoms with van der Waals surface area (Å²) in [5.74, 6) is -3.19. The van der Waals surface area contributed by atoms with Crippen LogP contribution >= 0.6 is 12.6 Å². The predicted molar refractivity (Wildman–Crippen MR) is 236 cm³/mol. The summed E-state index contributed by atoms with van der Waals surface area (Å²) >= 11 is 3.53. The van der Waals surface area contributed by atoms with Gasteiger partial charge in [-0.15, -0.1) is 0 Å². The molecule has 4 bridgehead atoms. The van der Waals surface area contributed by atoms with E-state index in [2.05, 4.69) is 79.8 Å². The Hall–Kier alpha value is -5.94. The third-order valence-electron chi connectivity index (χ3n) is 9.61. The first kappa shape index (κ1) is 46.4. The fraction of sp³-hybridized carbons (Fsp3) is 0.298. The van der Waals surface area contributed by atoms with Crippen molar-refractivity contribution in [2.24, 2.45) is 0 Å². The molecule has 1 aliphatic heterocycles. The number of hydrogen-bond acceptors (Lipinski definition) is 6. The smallest absolute Gasteiger partial charge is 0.326 e. The van der Waals surface area contributed by atoms with E-state index < -0.39 is 42.3 Å². The molecule has 306 valence electrons. The highest BCUT2D eigenvalue weighted by Crippen LogP contribution is 2.28. The normalized spacial score (nSPS) is 14.6. The highest BCUT2D eigenvalue weighted by Gasteiger charge is 2.30. The van der Waals surface area contributed by atoms with Crippen molar-refractivity contribution in [2.45, 2.75) is 64.5 Å². The molecule has 2 atom stereocenters. The maximum absolute atomic E-state index is 13.6. The zero-order chi connectivity index (χ0) is 42.6. The molecule has 0 saturated carbocycles. The van der Waals surface area contributed by atoms with E-state index in [1.807, 2.05) is 30.3 Å². The number of likely N-dealkylation sites (N-methyl/N-ethyl adjacent to an activating group) is 1. The lowest BCUT2D eigenvalue weighted by Gasteiger charge is -2.28. The van der Waals surface area contributed by atoms with Crippen LogP contribution in [-0.2, 0) is 32.0 Å². The molecule has 0 fully saturated rings. The van der Waals surface area contributed by atoms with Gasteiger partial charge in [0.05, 0.1) is 6.54 Å². The second-order valence-corrected chi connectivity index (χ2v) is 13.7. The molecule has 10 nitrogen and oxygen atoms in total. The molecule has 2 unspecified atom stereocenters. The quantitative estimate of drug-likeness (QED) is 0.0737. The number of amides is 4. The molecule has 4 N–H and O–H groups in total. The maximum atomic E-state index is 13.6. The Morgan fingerprint density at radius 3 is 2.10 bits per heavy atom. The summed E-state index contributed by atoms with van der Waals surface area (Å²) in [7, 11) is 1.50. The number of unbranched alkanes of at least 4 members (excludes halogenated alkanes) is 1. The van der Waals surface area contributed by atoms with Gasteiger partial charge < -0.3 is 26.0 Å². The fourth-order valence-corrected chi connectivity index (χ4v) is 6.17. The number of carbonyl (C=O) groups is 5. The van der Waals surface area contributed by atoms with E-state index in [1.165, 1.54) is 17.5 Å². The fourth-order valence-electron chi connectivity index (χ4n) is 6.17. The lowest BCUT2D eigenvalue weighted by Crippen LogP contribution is -2.49. The van der Waals surface area contributed by atoms with E-state index in [1.54, 1.807) is 54.8 Å². The summed E-state index contributed by atoms with van der Waals surface area (Å²) in [5.41, 5.74) is 7.75. The first-order valence-electron chi connectivity index (χ1n) is 19.4. The number of thiol groups is 1. The van der Waals surface area contributed by atoms with Crippen LogP contribution < -0.4 is 16.0 Å². The third kappa shape index (κ3) is 13.9. The van der Waals surface area contributed by atoms with Crippen LogP contribution in [0.25, 0.3) is 22.3 Å². The minimum Gasteiger partial charge on any atom is -0.480 e. The average Bonchev–Trinajstić information content (AvgIpc) is 3.25. The van der Waals surface area contributed by atoms with Crippen molar-refractivity contribution in [2.75, 3.05) is 26.4 Å². The summed E-state index contributed by atoms with van der Waals surface area (Å²) in [6.07, 6.45) is 7.85. The monoisotopic (exact) mass is 804 g/mol. The van der Waals surface area contributed by atoms with E-state index >= 15 is 0 Å². The van der Waals surface area contributed by atoms with Gasteiger partial charge in [0.1, 0.15) is 12.1 Å². The third-order valence-corrected chi connectivity index (χ3v) is 9.61. The van der Waals surface area contributed by atoms with Gasteiger partial charge >= 0.3 is 5.97 Å². The molecule has 1 aliphatic rings. The molecule has 0 radical (unpaired) electrons. The van der Waals surface area contributed by atoms with Gasteiger partial charge in [0, 0.05) is 32.0 Å². The van der Waals surface area contributed by atoms with Crippen molar-refractivity contribution in [3.05, 3.63) is 144 Å². The first-order chi connectivity index (χ1) is 27.9. The Kier molecular flexibility index (Phi) is 19.2. The van der Waals surface area contributed by atoms with Crippen LogP contribution in [0, 0.1) is 0 Å². The first-order valence-corrected chi connectivity index (χ1v) is 20.3. The van der Waals surface area contributed by atoms with Crippen molar-refractivity contribution < 1.29 is 29.1 Å². The number of aliphatic carboxylic acids is 1. The summed E-state index contributed by atoms with van der Waals surface area (Å²) < 4.78 is 0. The molecule has 4 aromatic rings. The maximum Gasteiger partial charge on any atom is 0.326 e. The Balaban J connectivity index is 0.00000103. The molecule has 0 saturated heterocycles. The molecule has 1 heterocycles. The Morgan fingerprint density at radius 2 is 1.52 bits per heavy atom. The number of nitrogens with zero attached hydrogens (tertiary/aromatic N) is 1. The van der Waals surface area contributed by atoms with Crippen LogP contribution in [0.1, 0.15) is 72.6 Å². The Labute approximate surface area is 348 Å². The van der Waals surface area contributed by atoms with Gasteiger partial charge in [0.2, 0.25) is 17.7 Å². The standard InChI is InChI=1S/C40H42N4O6.C6H10.CH4S/c1-3-4-7-26-12-14-28(15-13-26)29-16-18-30(19-17-29)38(47)41-21-20-36(46)44(2)37-33-11-6-10-32(24-33)31-9-5-8-27(22-31)23-34(40(49)50)43-35(45)25-42-39(37)48;1-4-6(3)5-2;1-2/h5-6,8-19,22,24,34,37H,3-4,7,20-21,23,25H2,1-2H3,(H,41,47)(H,42,48)(H,43,45)(H,49,50);4H,1,3,5H2,2H3;2H,1H3. The second-order valence-electron chi connectivity index (χ2n) is 13.7. The van der Waals surface area contributed by atoms with Crippen LogP contribution in [0.2, 0.25) is 0 Å². The molecule has 0 aromatic heterocycles.